The van der Waals surface area contributed by atoms with Gasteiger partial charge >= 0.3 is 0 Å². The third kappa shape index (κ3) is 8.00. The van der Waals surface area contributed by atoms with Gasteiger partial charge in [-0.15, -0.1) is 0 Å². The van der Waals surface area contributed by atoms with Crippen molar-refractivity contribution >= 4 is 0 Å². The first-order valence-electron chi connectivity index (χ1n) is 8.24. The van der Waals surface area contributed by atoms with E-state index in [0.29, 0.717) is 0 Å². The van der Waals surface area contributed by atoms with Gasteiger partial charge in [0.25, 0.3) is 0 Å². The van der Waals surface area contributed by atoms with Crippen molar-refractivity contribution in [1.82, 2.24) is 0 Å². The number of hydrogen-bond donors (Lipinski definition) is 0. The topological polar surface area (TPSA) is 0 Å². The zero-order chi connectivity index (χ0) is 12.7. The Morgan fingerprint density at radius 2 is 1.05 bits per heavy atom. The SMILES string of the molecule is C.C.CC.CC1CCCC(CC2CCCC(C)C2)C1. The molecule has 118 valence electrons. The second kappa shape index (κ2) is 11.8. The van der Waals surface area contributed by atoms with Gasteiger partial charge < -0.3 is 0 Å². The second-order valence-electron chi connectivity index (χ2n) is 6.51. The van der Waals surface area contributed by atoms with Gasteiger partial charge in [-0.3, -0.25) is 0 Å². The zero-order valence-corrected chi connectivity index (χ0v) is 12.7. The lowest BCUT2D eigenvalue weighted by atomic mass is 9.73. The molecule has 0 aromatic carbocycles. The maximum atomic E-state index is 2.45. The lowest BCUT2D eigenvalue weighted by Gasteiger charge is -2.33. The van der Waals surface area contributed by atoms with Crippen LogP contribution in [0.5, 0.6) is 0 Å². The lowest BCUT2D eigenvalue weighted by molar-refractivity contribution is 0.191. The van der Waals surface area contributed by atoms with Gasteiger partial charge in [0.2, 0.25) is 0 Å². The summed E-state index contributed by atoms with van der Waals surface area (Å²) >= 11 is 0. The average Bonchev–Trinajstić information content (AvgIpc) is 2.31. The first kappa shape index (κ1) is 21.3. The zero-order valence-electron chi connectivity index (χ0n) is 12.7. The number of hydrogen-bond acceptors (Lipinski definition) is 0. The highest BCUT2D eigenvalue weighted by Gasteiger charge is 2.25. The van der Waals surface area contributed by atoms with Crippen LogP contribution in [0.4, 0.5) is 0 Å². The molecule has 19 heavy (non-hydrogen) atoms. The summed E-state index contributed by atoms with van der Waals surface area (Å²) < 4.78 is 0. The van der Waals surface area contributed by atoms with Crippen LogP contribution in [0.15, 0.2) is 0 Å². The highest BCUT2D eigenvalue weighted by atomic mass is 14.3. The van der Waals surface area contributed by atoms with Crippen molar-refractivity contribution in [3.05, 3.63) is 0 Å². The maximum absolute atomic E-state index is 2.45. The van der Waals surface area contributed by atoms with Crippen LogP contribution in [-0.2, 0) is 0 Å². The molecule has 2 saturated carbocycles. The highest BCUT2D eigenvalue weighted by molar-refractivity contribution is 4.77. The Balaban J connectivity index is 0. The maximum Gasteiger partial charge on any atom is -0.0409 e. The predicted octanol–water partition coefficient (Wildman–Crippen LogP) is 7.33. The molecule has 0 bridgehead atoms. The van der Waals surface area contributed by atoms with Crippen molar-refractivity contribution in [2.75, 3.05) is 0 Å². The van der Waals surface area contributed by atoms with Gasteiger partial charge in [-0.2, -0.15) is 0 Å². The molecule has 2 fully saturated rings. The van der Waals surface area contributed by atoms with Gasteiger partial charge in [0.15, 0.2) is 0 Å². The summed E-state index contributed by atoms with van der Waals surface area (Å²) in [5.74, 6) is 4.21. The Morgan fingerprint density at radius 1 is 0.684 bits per heavy atom. The Morgan fingerprint density at radius 3 is 1.37 bits per heavy atom. The van der Waals surface area contributed by atoms with E-state index in [1.54, 1.807) is 6.42 Å². The Bertz CT molecular complexity index is 164. The van der Waals surface area contributed by atoms with Crippen molar-refractivity contribution in [2.45, 2.75) is 100 Å². The van der Waals surface area contributed by atoms with E-state index in [-0.39, 0.29) is 14.9 Å². The minimum atomic E-state index is 0. The Kier molecular flexibility index (Phi) is 13.2. The van der Waals surface area contributed by atoms with Crippen LogP contribution in [0.3, 0.4) is 0 Å². The van der Waals surface area contributed by atoms with Crippen molar-refractivity contribution < 1.29 is 0 Å². The summed E-state index contributed by atoms with van der Waals surface area (Å²) in [7, 11) is 0. The van der Waals surface area contributed by atoms with Gasteiger partial charge in [0.1, 0.15) is 0 Å². The van der Waals surface area contributed by atoms with E-state index < -0.39 is 0 Å². The van der Waals surface area contributed by atoms with Gasteiger partial charge in [-0.25, -0.2) is 0 Å². The molecule has 0 saturated heterocycles. The molecule has 2 rings (SSSR count). The summed E-state index contributed by atoms with van der Waals surface area (Å²) in [6, 6.07) is 0. The van der Waals surface area contributed by atoms with Crippen molar-refractivity contribution in [3.63, 3.8) is 0 Å². The van der Waals surface area contributed by atoms with Gasteiger partial charge in [0.05, 0.1) is 0 Å². The summed E-state index contributed by atoms with van der Waals surface area (Å²) in [4.78, 5) is 0. The summed E-state index contributed by atoms with van der Waals surface area (Å²) in [5, 5.41) is 0. The fourth-order valence-electron chi connectivity index (χ4n) is 4.02. The normalized spacial score (nSPS) is 34.1. The summed E-state index contributed by atoms with van der Waals surface area (Å²) in [6.07, 6.45) is 13.7. The van der Waals surface area contributed by atoms with E-state index >= 15 is 0 Å². The fourth-order valence-corrected chi connectivity index (χ4v) is 4.02. The van der Waals surface area contributed by atoms with Gasteiger partial charge in [-0.1, -0.05) is 81.1 Å². The molecule has 0 heterocycles. The molecule has 0 spiro atoms. The van der Waals surface area contributed by atoms with E-state index in [0.717, 1.165) is 23.7 Å². The van der Waals surface area contributed by atoms with E-state index in [1.165, 1.54) is 51.4 Å². The highest BCUT2D eigenvalue weighted by Crippen LogP contribution is 2.38. The van der Waals surface area contributed by atoms with E-state index in [9.17, 15) is 0 Å². The first-order chi connectivity index (χ1) is 8.24. The second-order valence-corrected chi connectivity index (χ2v) is 6.51. The number of rotatable bonds is 2. The van der Waals surface area contributed by atoms with Crippen molar-refractivity contribution in [2.24, 2.45) is 23.7 Å². The molecule has 0 radical (unpaired) electrons. The summed E-state index contributed by atoms with van der Waals surface area (Å²) in [6.45, 7) is 8.91. The first-order valence-corrected chi connectivity index (χ1v) is 8.24. The van der Waals surface area contributed by atoms with Crippen LogP contribution in [-0.4, -0.2) is 0 Å². The monoisotopic (exact) mass is 270 g/mol. The largest absolute Gasteiger partial charge is 0.0776 e. The quantitative estimate of drug-likeness (QED) is 0.493. The Labute approximate surface area is 124 Å². The minimum Gasteiger partial charge on any atom is -0.0776 e. The smallest absolute Gasteiger partial charge is 0.0409 e. The van der Waals surface area contributed by atoms with Gasteiger partial charge in [0, 0.05) is 0 Å². The molecule has 0 aliphatic heterocycles. The van der Waals surface area contributed by atoms with Gasteiger partial charge in [-0.05, 0) is 42.9 Å². The molecule has 0 amide bonds. The van der Waals surface area contributed by atoms with E-state index in [2.05, 4.69) is 13.8 Å². The molecule has 2 aliphatic rings. The minimum absolute atomic E-state index is 0. The molecule has 2 aliphatic carbocycles. The van der Waals surface area contributed by atoms with Crippen LogP contribution in [0.25, 0.3) is 0 Å². The van der Waals surface area contributed by atoms with Crippen molar-refractivity contribution in [3.8, 4) is 0 Å². The molecule has 0 aromatic rings. The van der Waals surface area contributed by atoms with E-state index in [4.69, 9.17) is 0 Å². The van der Waals surface area contributed by atoms with Crippen LogP contribution in [0.1, 0.15) is 100 Å². The third-order valence-electron chi connectivity index (χ3n) is 4.76. The predicted molar refractivity (Wildman–Crippen MR) is 91.7 cm³/mol. The van der Waals surface area contributed by atoms with Crippen LogP contribution in [0, 0.1) is 23.7 Å². The molecular weight excluding hydrogens is 228 g/mol. The molecule has 0 nitrogen and oxygen atoms in total. The van der Waals surface area contributed by atoms with Crippen LogP contribution in [0.2, 0.25) is 0 Å². The Hall–Kier alpha value is 0. The lowest BCUT2D eigenvalue weighted by Crippen LogP contribution is -2.20. The average molecular weight is 271 g/mol. The van der Waals surface area contributed by atoms with Crippen LogP contribution >= 0.6 is 0 Å². The molecule has 4 atom stereocenters. The van der Waals surface area contributed by atoms with Crippen LogP contribution < -0.4 is 0 Å². The van der Waals surface area contributed by atoms with Crippen molar-refractivity contribution in [1.29, 1.82) is 0 Å². The molecule has 4 unspecified atom stereocenters. The fraction of sp³-hybridized carbons (Fsp3) is 1.00. The molecular formula is C19H42. The molecule has 0 heteroatoms. The third-order valence-corrected chi connectivity index (χ3v) is 4.76. The molecule has 0 aromatic heterocycles. The molecule has 0 N–H and O–H groups in total. The summed E-state index contributed by atoms with van der Waals surface area (Å²) in [5.41, 5.74) is 0. The van der Waals surface area contributed by atoms with E-state index in [1.807, 2.05) is 13.8 Å². The standard InChI is InChI=1S/C15H28.C2H6.2CH4/c1-12-5-3-7-14(9-12)11-15-8-4-6-13(2)10-15;1-2;;/h12-15H,3-11H2,1-2H3;1-2H3;2*1H4.